The summed E-state index contributed by atoms with van der Waals surface area (Å²) in [5, 5.41) is 0. The van der Waals surface area contributed by atoms with E-state index in [-0.39, 0.29) is 5.97 Å². The Morgan fingerprint density at radius 1 is 1.14 bits per heavy atom. The number of carbonyl (C=O) groups is 1. The minimum atomic E-state index is -0.197. The van der Waals surface area contributed by atoms with E-state index in [2.05, 4.69) is 15.9 Å². The molecule has 0 atom stereocenters. The van der Waals surface area contributed by atoms with Crippen LogP contribution in [0.5, 0.6) is 11.5 Å². The van der Waals surface area contributed by atoms with Gasteiger partial charge >= 0.3 is 5.97 Å². The van der Waals surface area contributed by atoms with Gasteiger partial charge in [0.2, 0.25) is 0 Å². The minimum Gasteiger partial charge on any atom is -0.465 e. The first kappa shape index (κ1) is 15.9. The average molecular weight is 367 g/mol. The highest BCUT2D eigenvalue weighted by Gasteiger charge is 2.04. The fraction of sp³-hybridized carbons (Fsp3) is 0.188. The van der Waals surface area contributed by atoms with Crippen LogP contribution in [0.2, 0.25) is 0 Å². The molecule has 2 rings (SSSR count). The Morgan fingerprint density at radius 3 is 2.57 bits per heavy atom. The van der Waals surface area contributed by atoms with Crippen molar-refractivity contribution >= 4 is 33.7 Å². The van der Waals surface area contributed by atoms with E-state index in [1.165, 1.54) is 11.8 Å². The lowest BCUT2D eigenvalue weighted by Gasteiger charge is -2.07. The monoisotopic (exact) mass is 366 g/mol. The minimum absolute atomic E-state index is 0.197. The molecule has 21 heavy (non-hydrogen) atoms. The molecule has 0 spiro atoms. The Balaban J connectivity index is 1.91. The van der Waals surface area contributed by atoms with Crippen molar-refractivity contribution in [2.45, 2.75) is 11.8 Å². The summed E-state index contributed by atoms with van der Waals surface area (Å²) in [6.45, 7) is 2.22. The van der Waals surface area contributed by atoms with Crippen LogP contribution in [-0.2, 0) is 9.53 Å². The van der Waals surface area contributed by atoms with Gasteiger partial charge < -0.3 is 9.47 Å². The molecule has 0 saturated heterocycles. The summed E-state index contributed by atoms with van der Waals surface area (Å²) < 4.78 is 11.6. The largest absolute Gasteiger partial charge is 0.465 e. The van der Waals surface area contributed by atoms with E-state index in [0.29, 0.717) is 12.4 Å². The highest BCUT2D eigenvalue weighted by molar-refractivity contribution is 9.10. The molecule has 0 fully saturated rings. The summed E-state index contributed by atoms with van der Waals surface area (Å²) in [6.07, 6.45) is 0. The Hall–Kier alpha value is -1.46. The van der Waals surface area contributed by atoms with Gasteiger partial charge in [0.15, 0.2) is 0 Å². The predicted molar refractivity (Wildman–Crippen MR) is 88.0 cm³/mol. The first-order valence-electron chi connectivity index (χ1n) is 6.49. The summed E-state index contributed by atoms with van der Waals surface area (Å²) >= 11 is 4.86. The molecule has 0 aliphatic rings. The number of hydrogen-bond donors (Lipinski definition) is 0. The summed E-state index contributed by atoms with van der Waals surface area (Å²) in [6, 6.07) is 15.3. The van der Waals surface area contributed by atoms with Gasteiger partial charge in [0.1, 0.15) is 11.5 Å². The summed E-state index contributed by atoms with van der Waals surface area (Å²) in [5.41, 5.74) is 0. The molecule has 0 unspecified atom stereocenters. The maximum Gasteiger partial charge on any atom is 0.316 e. The molecule has 110 valence electrons. The molecule has 0 aliphatic carbocycles. The summed E-state index contributed by atoms with van der Waals surface area (Å²) in [7, 11) is 0. The number of benzene rings is 2. The highest BCUT2D eigenvalue weighted by Crippen LogP contribution is 2.26. The van der Waals surface area contributed by atoms with Crippen molar-refractivity contribution in [1.82, 2.24) is 0 Å². The topological polar surface area (TPSA) is 35.5 Å². The SMILES string of the molecule is CCOC(=O)CSc1ccc(Oc2cccc(Br)c2)cc1. The third-order valence-electron chi connectivity index (χ3n) is 2.52. The zero-order chi connectivity index (χ0) is 15.1. The Labute approximate surface area is 136 Å². The number of esters is 1. The highest BCUT2D eigenvalue weighted by atomic mass is 79.9. The zero-order valence-corrected chi connectivity index (χ0v) is 13.9. The Kier molecular flexibility index (Phi) is 6.14. The molecule has 0 aliphatic heterocycles. The Bertz CT molecular complexity index is 599. The molecule has 2 aromatic rings. The zero-order valence-electron chi connectivity index (χ0n) is 11.5. The van der Waals surface area contributed by atoms with Crippen LogP contribution >= 0.6 is 27.7 Å². The van der Waals surface area contributed by atoms with E-state index >= 15 is 0 Å². The normalized spacial score (nSPS) is 10.2. The smallest absolute Gasteiger partial charge is 0.316 e. The summed E-state index contributed by atoms with van der Waals surface area (Å²) in [4.78, 5) is 12.3. The van der Waals surface area contributed by atoms with Crippen molar-refractivity contribution in [1.29, 1.82) is 0 Å². The number of carbonyl (C=O) groups excluding carboxylic acids is 1. The third-order valence-corrected chi connectivity index (χ3v) is 4.00. The van der Waals surface area contributed by atoms with Crippen LogP contribution in [0, 0.1) is 0 Å². The van der Waals surface area contributed by atoms with E-state index in [1.807, 2.05) is 48.5 Å². The van der Waals surface area contributed by atoms with Gasteiger partial charge in [-0.05, 0) is 49.4 Å². The molecular weight excluding hydrogens is 352 g/mol. The van der Waals surface area contributed by atoms with Gasteiger partial charge in [-0.25, -0.2) is 0 Å². The maximum absolute atomic E-state index is 11.3. The first-order chi connectivity index (χ1) is 10.2. The van der Waals surface area contributed by atoms with E-state index in [0.717, 1.165) is 20.9 Å². The van der Waals surface area contributed by atoms with Crippen molar-refractivity contribution in [3.05, 3.63) is 53.0 Å². The van der Waals surface area contributed by atoms with Crippen LogP contribution in [0.1, 0.15) is 6.92 Å². The van der Waals surface area contributed by atoms with Crippen LogP contribution in [0.25, 0.3) is 0 Å². The number of thioether (sulfide) groups is 1. The van der Waals surface area contributed by atoms with Crippen molar-refractivity contribution in [3.63, 3.8) is 0 Å². The lowest BCUT2D eigenvalue weighted by atomic mass is 10.3. The van der Waals surface area contributed by atoms with Gasteiger partial charge in [-0.1, -0.05) is 22.0 Å². The van der Waals surface area contributed by atoms with Crippen molar-refractivity contribution in [2.24, 2.45) is 0 Å². The molecule has 2 aromatic carbocycles. The molecule has 0 amide bonds. The van der Waals surface area contributed by atoms with E-state index in [1.54, 1.807) is 6.92 Å². The fourth-order valence-electron chi connectivity index (χ4n) is 1.62. The molecule has 0 heterocycles. The second-order valence-corrected chi connectivity index (χ2v) is 6.09. The molecule has 0 bridgehead atoms. The van der Waals surface area contributed by atoms with Gasteiger partial charge in [-0.3, -0.25) is 4.79 Å². The van der Waals surface area contributed by atoms with Gasteiger partial charge in [-0.2, -0.15) is 0 Å². The van der Waals surface area contributed by atoms with Crippen LogP contribution in [0.4, 0.5) is 0 Å². The molecule has 5 heteroatoms. The lowest BCUT2D eigenvalue weighted by molar-refractivity contribution is -0.139. The second-order valence-electron chi connectivity index (χ2n) is 4.12. The van der Waals surface area contributed by atoms with Crippen LogP contribution in [0.3, 0.4) is 0 Å². The molecule has 0 radical (unpaired) electrons. The third kappa shape index (κ3) is 5.44. The quantitative estimate of drug-likeness (QED) is 0.538. The number of rotatable bonds is 6. The van der Waals surface area contributed by atoms with E-state index < -0.39 is 0 Å². The van der Waals surface area contributed by atoms with Gasteiger partial charge in [-0.15, -0.1) is 11.8 Å². The Morgan fingerprint density at radius 2 is 1.90 bits per heavy atom. The molecule has 0 N–H and O–H groups in total. The van der Waals surface area contributed by atoms with Crippen molar-refractivity contribution in [3.8, 4) is 11.5 Å². The molecule has 3 nitrogen and oxygen atoms in total. The van der Waals surface area contributed by atoms with Gasteiger partial charge in [0.25, 0.3) is 0 Å². The number of ether oxygens (including phenoxy) is 2. The summed E-state index contributed by atoms with van der Waals surface area (Å²) in [5.74, 6) is 1.65. The van der Waals surface area contributed by atoms with E-state index in [9.17, 15) is 4.79 Å². The van der Waals surface area contributed by atoms with Gasteiger partial charge in [0, 0.05) is 9.37 Å². The van der Waals surface area contributed by atoms with Crippen LogP contribution < -0.4 is 4.74 Å². The molecule has 0 saturated carbocycles. The van der Waals surface area contributed by atoms with Crippen molar-refractivity contribution < 1.29 is 14.3 Å². The number of hydrogen-bond acceptors (Lipinski definition) is 4. The average Bonchev–Trinajstić information content (AvgIpc) is 2.47. The molecule has 0 aromatic heterocycles. The molecular formula is C16H15BrO3S. The fourth-order valence-corrected chi connectivity index (χ4v) is 2.69. The predicted octanol–water partition coefficient (Wildman–Crippen LogP) is 4.90. The van der Waals surface area contributed by atoms with Crippen LogP contribution in [-0.4, -0.2) is 18.3 Å². The van der Waals surface area contributed by atoms with Gasteiger partial charge in [0.05, 0.1) is 12.4 Å². The van der Waals surface area contributed by atoms with Crippen LogP contribution in [0.15, 0.2) is 57.9 Å². The second kappa shape index (κ2) is 8.10. The first-order valence-corrected chi connectivity index (χ1v) is 8.27. The maximum atomic E-state index is 11.3. The standard InChI is InChI=1S/C16H15BrO3S/c1-2-19-16(18)11-21-15-8-6-13(7-9-15)20-14-5-3-4-12(17)10-14/h3-10H,2,11H2,1H3. The number of halogens is 1. The van der Waals surface area contributed by atoms with Crippen molar-refractivity contribution in [2.75, 3.05) is 12.4 Å². The van der Waals surface area contributed by atoms with E-state index in [4.69, 9.17) is 9.47 Å². The lowest BCUT2D eigenvalue weighted by Crippen LogP contribution is -2.06.